The molecule has 2 atom stereocenters. The number of carbonyl (C=O) groups excluding carboxylic acids is 3. The zero-order chi connectivity index (χ0) is 28.3. The smallest absolute Gasteiger partial charge is 0.192 e. The lowest BCUT2D eigenvalue weighted by molar-refractivity contribution is -0.185. The van der Waals surface area contributed by atoms with E-state index in [0.29, 0.717) is 19.4 Å². The summed E-state index contributed by atoms with van der Waals surface area (Å²) in [5.74, 6) is -0.379. The molecule has 0 saturated heterocycles. The Balaban J connectivity index is 5.90. The second-order valence-electron chi connectivity index (χ2n) is 12.6. The normalized spacial score (nSPS) is 16.4. The molecule has 0 aromatic heterocycles. The Hall–Kier alpha value is -1.37. The molecule has 0 spiro atoms. The van der Waals surface area contributed by atoms with Gasteiger partial charge in [0, 0.05) is 12.0 Å². The first kappa shape index (κ1) is 33.6. The predicted octanol–water partition coefficient (Wildman–Crippen LogP) is 6.28. The molecule has 204 valence electrons. The number of ketones is 3. The van der Waals surface area contributed by atoms with Gasteiger partial charge in [-0.05, 0) is 81.2 Å². The van der Waals surface area contributed by atoms with E-state index in [0.717, 1.165) is 0 Å². The van der Waals surface area contributed by atoms with Gasteiger partial charge in [-0.1, -0.05) is 41.2 Å². The summed E-state index contributed by atoms with van der Waals surface area (Å²) >= 11 is 0. The summed E-state index contributed by atoms with van der Waals surface area (Å²) in [5, 5.41) is 0. The summed E-state index contributed by atoms with van der Waals surface area (Å²) in [7, 11) is 0. The second kappa shape index (κ2) is 11.4. The molecular weight excluding hydrogens is 444 g/mol. The summed E-state index contributed by atoms with van der Waals surface area (Å²) in [6, 6.07) is 0. The third-order valence-electron chi connectivity index (χ3n) is 7.47. The highest BCUT2D eigenvalue weighted by atomic mass is 16.5. The molecule has 0 aliphatic rings. The second-order valence-corrected chi connectivity index (χ2v) is 12.6. The molecule has 0 heterocycles. The topological polar surface area (TPSA) is 78.9 Å². The lowest BCUT2D eigenvalue weighted by Gasteiger charge is -2.48. The Kier molecular flexibility index (Phi) is 10.9. The molecule has 35 heavy (non-hydrogen) atoms. The molecule has 0 rings (SSSR count). The molecule has 2 unspecified atom stereocenters. The minimum absolute atomic E-state index is 0.00477. The highest BCUT2D eigenvalue weighted by Crippen LogP contribution is 2.45. The van der Waals surface area contributed by atoms with E-state index in [1.807, 2.05) is 62.3 Å². The van der Waals surface area contributed by atoms with E-state index < -0.39 is 39.3 Å². The SMILES string of the molecule is C=CC(=O)C(C)(C)OC(C)(CC)CC(C)(C)C(=O)C(C)(C)C(C)(C)OC(C)C(=O)C(C)(C)OCC. The van der Waals surface area contributed by atoms with Crippen LogP contribution in [0.25, 0.3) is 0 Å². The van der Waals surface area contributed by atoms with Crippen LogP contribution in [0.3, 0.4) is 0 Å². The zero-order valence-corrected chi connectivity index (χ0v) is 24.9. The van der Waals surface area contributed by atoms with Gasteiger partial charge < -0.3 is 14.2 Å². The van der Waals surface area contributed by atoms with Crippen molar-refractivity contribution in [2.45, 2.75) is 138 Å². The maximum Gasteiger partial charge on any atom is 0.192 e. The molecule has 6 heteroatoms. The molecule has 0 aliphatic heterocycles. The monoisotopic (exact) mass is 496 g/mol. The third-order valence-corrected chi connectivity index (χ3v) is 7.47. The van der Waals surface area contributed by atoms with Crippen molar-refractivity contribution in [3.8, 4) is 0 Å². The summed E-state index contributed by atoms with van der Waals surface area (Å²) in [6.07, 6.45) is 1.55. The van der Waals surface area contributed by atoms with E-state index in [-0.39, 0.29) is 17.3 Å². The van der Waals surface area contributed by atoms with Gasteiger partial charge in [-0.3, -0.25) is 14.4 Å². The molecular formula is C29H52O6. The standard InChI is InChI=1S/C29H52O6/c1-16-21(30)26(9,10)35-29(15,17-2)19-24(5,6)23(32)25(7,8)28(13,14)34-20(4)22(31)27(11,12)33-18-3/h16,20H,1,17-19H2,2-15H3. The first-order chi connectivity index (χ1) is 15.5. The van der Waals surface area contributed by atoms with Crippen molar-refractivity contribution in [2.24, 2.45) is 10.8 Å². The van der Waals surface area contributed by atoms with Crippen LogP contribution in [0.15, 0.2) is 12.7 Å². The summed E-state index contributed by atoms with van der Waals surface area (Å²) in [6.45, 7) is 29.6. The van der Waals surface area contributed by atoms with Crippen LogP contribution in [0.2, 0.25) is 0 Å². The minimum atomic E-state index is -1.05. The number of rotatable bonds is 16. The van der Waals surface area contributed by atoms with Crippen LogP contribution in [-0.2, 0) is 28.6 Å². The minimum Gasteiger partial charge on any atom is -0.368 e. The lowest BCUT2D eigenvalue weighted by atomic mass is 9.63. The van der Waals surface area contributed by atoms with E-state index in [1.54, 1.807) is 34.6 Å². The Labute approximate surface area is 214 Å². The molecule has 0 aromatic rings. The Bertz CT molecular complexity index is 787. The largest absolute Gasteiger partial charge is 0.368 e. The van der Waals surface area contributed by atoms with Crippen LogP contribution in [0, 0.1) is 10.8 Å². The number of hydrogen-bond donors (Lipinski definition) is 0. The number of ether oxygens (including phenoxy) is 3. The first-order valence-electron chi connectivity index (χ1n) is 12.7. The molecule has 0 radical (unpaired) electrons. The van der Waals surface area contributed by atoms with Crippen molar-refractivity contribution in [1.82, 2.24) is 0 Å². The lowest BCUT2D eigenvalue weighted by Crippen LogP contribution is -2.56. The van der Waals surface area contributed by atoms with Crippen LogP contribution in [0.5, 0.6) is 0 Å². The van der Waals surface area contributed by atoms with Crippen LogP contribution in [-0.4, -0.2) is 52.5 Å². The van der Waals surface area contributed by atoms with Gasteiger partial charge in [-0.25, -0.2) is 0 Å². The van der Waals surface area contributed by atoms with E-state index in [4.69, 9.17) is 14.2 Å². The van der Waals surface area contributed by atoms with Gasteiger partial charge in [0.1, 0.15) is 23.1 Å². The molecule has 6 nitrogen and oxygen atoms in total. The molecule has 0 bridgehead atoms. The van der Waals surface area contributed by atoms with Crippen LogP contribution >= 0.6 is 0 Å². The van der Waals surface area contributed by atoms with Crippen molar-refractivity contribution in [3.05, 3.63) is 12.7 Å². The van der Waals surface area contributed by atoms with Crippen molar-refractivity contribution in [2.75, 3.05) is 6.61 Å². The quantitative estimate of drug-likeness (QED) is 0.234. The van der Waals surface area contributed by atoms with Crippen molar-refractivity contribution in [1.29, 1.82) is 0 Å². The maximum absolute atomic E-state index is 14.0. The third kappa shape index (κ3) is 8.06. The average Bonchev–Trinajstić information content (AvgIpc) is 2.70. The summed E-state index contributed by atoms with van der Waals surface area (Å²) < 4.78 is 18.2. The van der Waals surface area contributed by atoms with Gasteiger partial charge in [0.2, 0.25) is 0 Å². The van der Waals surface area contributed by atoms with Gasteiger partial charge in [-0.15, -0.1) is 0 Å². The Morgan fingerprint density at radius 1 is 0.857 bits per heavy atom. The van der Waals surface area contributed by atoms with E-state index in [1.165, 1.54) is 6.08 Å². The maximum atomic E-state index is 14.0. The van der Waals surface area contributed by atoms with Crippen LogP contribution in [0.1, 0.15) is 110 Å². The summed E-state index contributed by atoms with van der Waals surface area (Å²) in [5.41, 5.74) is -5.41. The average molecular weight is 497 g/mol. The first-order valence-corrected chi connectivity index (χ1v) is 12.7. The fourth-order valence-electron chi connectivity index (χ4n) is 4.84. The van der Waals surface area contributed by atoms with Crippen molar-refractivity contribution in [3.63, 3.8) is 0 Å². The summed E-state index contributed by atoms with van der Waals surface area (Å²) in [4.78, 5) is 39.3. The van der Waals surface area contributed by atoms with Crippen LogP contribution < -0.4 is 0 Å². The highest BCUT2D eigenvalue weighted by Gasteiger charge is 2.52. The number of Topliss-reactive ketones (excluding diaryl/α,β-unsaturated/α-hetero) is 2. The molecule has 0 N–H and O–H groups in total. The van der Waals surface area contributed by atoms with Crippen molar-refractivity contribution >= 4 is 17.3 Å². The van der Waals surface area contributed by atoms with Crippen molar-refractivity contribution < 1.29 is 28.6 Å². The van der Waals surface area contributed by atoms with Gasteiger partial charge in [0.15, 0.2) is 11.6 Å². The molecule has 0 aliphatic carbocycles. The van der Waals surface area contributed by atoms with Crippen LogP contribution in [0.4, 0.5) is 0 Å². The highest BCUT2D eigenvalue weighted by molar-refractivity contribution is 5.96. The number of hydrogen-bond acceptors (Lipinski definition) is 6. The van der Waals surface area contributed by atoms with Gasteiger partial charge in [0.05, 0.1) is 16.6 Å². The number of carbonyl (C=O) groups is 3. The molecule has 0 fully saturated rings. The van der Waals surface area contributed by atoms with E-state index in [9.17, 15) is 14.4 Å². The molecule has 0 aromatic carbocycles. The predicted molar refractivity (Wildman–Crippen MR) is 142 cm³/mol. The van der Waals surface area contributed by atoms with E-state index in [2.05, 4.69) is 6.58 Å². The van der Waals surface area contributed by atoms with Gasteiger partial charge in [0.25, 0.3) is 0 Å². The molecule has 0 saturated carbocycles. The fraction of sp³-hybridized carbons (Fsp3) is 0.828. The van der Waals surface area contributed by atoms with Gasteiger partial charge in [-0.2, -0.15) is 0 Å². The van der Waals surface area contributed by atoms with Gasteiger partial charge >= 0.3 is 0 Å². The zero-order valence-electron chi connectivity index (χ0n) is 24.9. The van der Waals surface area contributed by atoms with E-state index >= 15 is 0 Å². The Morgan fingerprint density at radius 3 is 1.74 bits per heavy atom. The fourth-order valence-corrected chi connectivity index (χ4v) is 4.84. The molecule has 0 amide bonds. The Morgan fingerprint density at radius 2 is 1.34 bits per heavy atom.